The van der Waals surface area contributed by atoms with E-state index in [0.717, 1.165) is 11.3 Å². The number of hydrogen-bond donors (Lipinski definition) is 1. The largest absolute Gasteiger partial charge is 0.497 e. The molecule has 1 aromatic heterocycles. The van der Waals surface area contributed by atoms with Crippen LogP contribution < -0.4 is 4.74 Å². The maximum atomic E-state index is 10.1. The van der Waals surface area contributed by atoms with Crippen molar-refractivity contribution in [3.05, 3.63) is 66.1 Å². The molecule has 0 unspecified atom stereocenters. The topological polar surface area (TPSA) is 70.3 Å². The zero-order chi connectivity index (χ0) is 21.6. The van der Waals surface area contributed by atoms with Gasteiger partial charge in [0, 0.05) is 12.5 Å². The lowest BCUT2D eigenvalue weighted by Gasteiger charge is -2.23. The number of aliphatic hydroxyl groups is 1. The van der Waals surface area contributed by atoms with Gasteiger partial charge in [-0.1, -0.05) is 31.2 Å². The van der Waals surface area contributed by atoms with Crippen molar-refractivity contribution in [1.29, 1.82) is 0 Å². The number of rotatable bonds is 15. The van der Waals surface area contributed by atoms with Crippen molar-refractivity contribution in [1.82, 2.24) is 0 Å². The normalized spacial score (nSPS) is 14.7. The van der Waals surface area contributed by atoms with E-state index in [0.29, 0.717) is 45.2 Å². The third-order valence-electron chi connectivity index (χ3n) is 4.73. The Bertz CT molecular complexity index is 695. The molecule has 0 amide bonds. The Morgan fingerprint density at radius 2 is 1.90 bits per heavy atom. The Kier molecular flexibility index (Phi) is 11.3. The summed E-state index contributed by atoms with van der Waals surface area (Å²) in [5.41, 5.74) is 1.10. The first-order valence-corrected chi connectivity index (χ1v) is 10.4. The van der Waals surface area contributed by atoms with Crippen LogP contribution in [-0.2, 0) is 20.8 Å². The molecule has 0 spiro atoms. The van der Waals surface area contributed by atoms with Crippen molar-refractivity contribution in [2.24, 2.45) is 5.92 Å². The Morgan fingerprint density at radius 1 is 1.10 bits per heavy atom. The predicted molar refractivity (Wildman–Crippen MR) is 115 cm³/mol. The average Bonchev–Trinajstić information content (AvgIpc) is 3.31. The number of hydrogen-bond acceptors (Lipinski definition) is 6. The van der Waals surface area contributed by atoms with Gasteiger partial charge in [0.15, 0.2) is 0 Å². The summed E-state index contributed by atoms with van der Waals surface area (Å²) in [5, 5.41) is 10.1. The molecule has 2 rings (SSSR count). The maximum absolute atomic E-state index is 10.1. The SMILES string of the molecule is CCOCCO[C@@H](C/C=C/[C@H](O)c1ccco1)[C@@H](C)COCc1ccc(OC)cc1. The van der Waals surface area contributed by atoms with Crippen LogP contribution in [0.25, 0.3) is 0 Å². The zero-order valence-electron chi connectivity index (χ0n) is 18.2. The fourth-order valence-corrected chi connectivity index (χ4v) is 2.96. The monoisotopic (exact) mass is 418 g/mol. The lowest BCUT2D eigenvalue weighted by Crippen LogP contribution is -2.27. The standard InChI is InChI=1S/C24H34O6/c1-4-27-15-16-30-23(8-5-7-22(25)24-9-6-14-29-24)19(2)17-28-18-20-10-12-21(26-3)13-11-20/h5-7,9-14,19,22-23,25H,4,8,15-18H2,1-3H3/b7-5+/t19-,22-,23-/m0/s1. The minimum atomic E-state index is -0.759. The van der Waals surface area contributed by atoms with Gasteiger partial charge in [-0.15, -0.1) is 0 Å². The number of ether oxygens (including phenoxy) is 4. The second kappa shape index (κ2) is 14.0. The Balaban J connectivity index is 1.82. The molecule has 166 valence electrons. The van der Waals surface area contributed by atoms with E-state index in [9.17, 15) is 5.11 Å². The quantitative estimate of drug-likeness (QED) is 0.338. The Morgan fingerprint density at radius 3 is 2.57 bits per heavy atom. The average molecular weight is 419 g/mol. The summed E-state index contributed by atoms with van der Waals surface area (Å²) in [6.45, 7) is 6.93. The van der Waals surface area contributed by atoms with E-state index in [4.69, 9.17) is 23.4 Å². The number of methoxy groups -OCH3 is 1. The van der Waals surface area contributed by atoms with E-state index in [1.807, 2.05) is 37.3 Å². The van der Waals surface area contributed by atoms with E-state index in [1.54, 1.807) is 31.6 Å². The summed E-state index contributed by atoms with van der Waals surface area (Å²) in [6, 6.07) is 11.4. The second-order valence-corrected chi connectivity index (χ2v) is 7.07. The van der Waals surface area contributed by atoms with Crippen LogP contribution in [-0.4, -0.2) is 44.7 Å². The molecule has 0 fully saturated rings. The summed E-state index contributed by atoms with van der Waals surface area (Å²) in [7, 11) is 1.65. The summed E-state index contributed by atoms with van der Waals surface area (Å²) in [4.78, 5) is 0. The van der Waals surface area contributed by atoms with Crippen molar-refractivity contribution in [3.8, 4) is 5.75 Å². The summed E-state index contributed by atoms with van der Waals surface area (Å²) in [5.74, 6) is 1.53. The molecule has 6 heteroatoms. The van der Waals surface area contributed by atoms with Crippen LogP contribution in [0.4, 0.5) is 0 Å². The molecule has 3 atom stereocenters. The van der Waals surface area contributed by atoms with E-state index in [1.165, 1.54) is 0 Å². The minimum Gasteiger partial charge on any atom is -0.497 e. The molecular weight excluding hydrogens is 384 g/mol. The van der Waals surface area contributed by atoms with E-state index >= 15 is 0 Å². The van der Waals surface area contributed by atoms with E-state index in [2.05, 4.69) is 6.92 Å². The van der Waals surface area contributed by atoms with Gasteiger partial charge in [-0.3, -0.25) is 0 Å². The lowest BCUT2D eigenvalue weighted by atomic mass is 10.0. The highest BCUT2D eigenvalue weighted by Gasteiger charge is 2.18. The smallest absolute Gasteiger partial charge is 0.136 e. The van der Waals surface area contributed by atoms with E-state index in [-0.39, 0.29) is 12.0 Å². The first-order chi connectivity index (χ1) is 14.6. The van der Waals surface area contributed by atoms with Gasteiger partial charge in [-0.25, -0.2) is 0 Å². The molecule has 2 aromatic rings. The van der Waals surface area contributed by atoms with Crippen molar-refractivity contribution in [3.63, 3.8) is 0 Å². The van der Waals surface area contributed by atoms with Crippen molar-refractivity contribution < 1.29 is 28.5 Å². The minimum absolute atomic E-state index is 0.0404. The first kappa shape index (κ1) is 24.2. The third-order valence-corrected chi connectivity index (χ3v) is 4.73. The molecule has 6 nitrogen and oxygen atoms in total. The van der Waals surface area contributed by atoms with Crippen LogP contribution in [0.3, 0.4) is 0 Å². The molecule has 0 radical (unpaired) electrons. The van der Waals surface area contributed by atoms with Crippen LogP contribution >= 0.6 is 0 Å². The molecule has 1 heterocycles. The Hall–Kier alpha value is -2.12. The molecule has 0 bridgehead atoms. The zero-order valence-corrected chi connectivity index (χ0v) is 18.2. The summed E-state index contributed by atoms with van der Waals surface area (Å²) >= 11 is 0. The number of benzene rings is 1. The van der Waals surface area contributed by atoms with Gasteiger partial charge in [0.25, 0.3) is 0 Å². The van der Waals surface area contributed by atoms with Crippen molar-refractivity contribution >= 4 is 0 Å². The number of aliphatic hydroxyl groups excluding tert-OH is 1. The summed E-state index contributed by atoms with van der Waals surface area (Å²) < 4.78 is 27.7. The van der Waals surface area contributed by atoms with Gasteiger partial charge >= 0.3 is 0 Å². The highest BCUT2D eigenvalue weighted by Crippen LogP contribution is 2.18. The highest BCUT2D eigenvalue weighted by molar-refractivity contribution is 5.26. The number of furan rings is 1. The van der Waals surface area contributed by atoms with E-state index < -0.39 is 6.10 Å². The van der Waals surface area contributed by atoms with Gasteiger partial charge in [0.1, 0.15) is 17.6 Å². The predicted octanol–water partition coefficient (Wildman–Crippen LogP) is 4.54. The van der Waals surface area contributed by atoms with Gasteiger partial charge in [-0.2, -0.15) is 0 Å². The van der Waals surface area contributed by atoms with Crippen molar-refractivity contribution in [2.75, 3.05) is 33.5 Å². The fraction of sp³-hybridized carbons (Fsp3) is 0.500. The van der Waals surface area contributed by atoms with Crippen molar-refractivity contribution in [2.45, 2.75) is 39.1 Å². The van der Waals surface area contributed by atoms with Crippen LogP contribution in [0, 0.1) is 5.92 Å². The van der Waals surface area contributed by atoms with Gasteiger partial charge in [0.05, 0.1) is 45.9 Å². The molecule has 0 saturated heterocycles. The van der Waals surface area contributed by atoms with Crippen LogP contribution in [0.1, 0.15) is 37.7 Å². The molecule has 1 aromatic carbocycles. The molecule has 0 saturated carbocycles. The second-order valence-electron chi connectivity index (χ2n) is 7.07. The van der Waals surface area contributed by atoms with Crippen LogP contribution in [0.2, 0.25) is 0 Å². The Labute approximate surface area is 179 Å². The third kappa shape index (κ3) is 8.71. The molecule has 0 aliphatic heterocycles. The first-order valence-electron chi connectivity index (χ1n) is 10.4. The fourth-order valence-electron chi connectivity index (χ4n) is 2.96. The molecular formula is C24H34O6. The molecule has 0 aliphatic carbocycles. The molecule has 0 aliphatic rings. The lowest BCUT2D eigenvalue weighted by molar-refractivity contribution is -0.0383. The maximum Gasteiger partial charge on any atom is 0.136 e. The van der Waals surface area contributed by atoms with Crippen LogP contribution in [0.5, 0.6) is 5.75 Å². The summed E-state index contributed by atoms with van der Waals surface area (Å²) in [6.07, 6.45) is 5.07. The molecule has 1 N–H and O–H groups in total. The molecule has 30 heavy (non-hydrogen) atoms. The van der Waals surface area contributed by atoms with Gasteiger partial charge in [-0.05, 0) is 43.2 Å². The van der Waals surface area contributed by atoms with Crippen LogP contribution in [0.15, 0.2) is 59.2 Å². The van der Waals surface area contributed by atoms with Gasteiger partial charge < -0.3 is 28.5 Å². The highest BCUT2D eigenvalue weighted by atomic mass is 16.5. The van der Waals surface area contributed by atoms with Gasteiger partial charge in [0.2, 0.25) is 0 Å².